The van der Waals surface area contributed by atoms with Gasteiger partial charge in [-0.3, -0.25) is 4.79 Å². The highest BCUT2D eigenvalue weighted by atomic mass is 16.1. The molecule has 24 heavy (non-hydrogen) atoms. The molecule has 4 rings (SSSR count). The van der Waals surface area contributed by atoms with Crippen LogP contribution < -0.4 is 10.9 Å². The summed E-state index contributed by atoms with van der Waals surface area (Å²) in [6.45, 7) is 1.68. The molecule has 0 radical (unpaired) electrons. The summed E-state index contributed by atoms with van der Waals surface area (Å²) >= 11 is 0. The van der Waals surface area contributed by atoms with Crippen LogP contribution in [0.5, 0.6) is 0 Å². The van der Waals surface area contributed by atoms with Gasteiger partial charge in [-0.2, -0.15) is 9.78 Å². The topological polar surface area (TPSA) is 50.2 Å². The Morgan fingerprint density at radius 1 is 1.21 bits per heavy atom. The number of anilines is 1. The van der Waals surface area contributed by atoms with Gasteiger partial charge in [0.05, 0.1) is 16.8 Å². The third-order valence-electron chi connectivity index (χ3n) is 4.33. The van der Waals surface area contributed by atoms with E-state index in [4.69, 9.17) is 0 Å². The zero-order valence-electron chi connectivity index (χ0n) is 13.9. The van der Waals surface area contributed by atoms with Crippen LogP contribution >= 0.6 is 0 Å². The number of aromatic nitrogens is 2. The van der Waals surface area contributed by atoms with Gasteiger partial charge in [0.2, 0.25) is 0 Å². The third kappa shape index (κ3) is 2.47. The number of rotatable bonds is 3. The first-order valence-electron chi connectivity index (χ1n) is 8.16. The van der Waals surface area contributed by atoms with Crippen molar-refractivity contribution in [2.45, 2.75) is 13.0 Å². The van der Waals surface area contributed by atoms with Crippen molar-refractivity contribution in [2.75, 3.05) is 26.0 Å². The van der Waals surface area contributed by atoms with Gasteiger partial charge in [-0.05, 0) is 43.9 Å². The quantitative estimate of drug-likeness (QED) is 0.805. The van der Waals surface area contributed by atoms with Crippen molar-refractivity contribution in [3.63, 3.8) is 0 Å². The van der Waals surface area contributed by atoms with Gasteiger partial charge < -0.3 is 10.2 Å². The second-order valence-corrected chi connectivity index (χ2v) is 6.48. The molecule has 0 saturated heterocycles. The Hall–Kier alpha value is -2.66. The Morgan fingerprint density at radius 3 is 2.88 bits per heavy atom. The highest BCUT2D eigenvalue weighted by molar-refractivity contribution is 5.96. The van der Waals surface area contributed by atoms with Gasteiger partial charge in [0, 0.05) is 30.6 Å². The molecule has 0 spiro atoms. The van der Waals surface area contributed by atoms with Gasteiger partial charge in [0.25, 0.3) is 5.56 Å². The van der Waals surface area contributed by atoms with E-state index >= 15 is 0 Å². The molecule has 0 fully saturated rings. The third-order valence-corrected chi connectivity index (χ3v) is 4.33. The maximum absolute atomic E-state index is 13.0. The monoisotopic (exact) mass is 320 g/mol. The molecule has 2 heterocycles. The Balaban J connectivity index is 1.93. The van der Waals surface area contributed by atoms with Crippen LogP contribution in [0.4, 0.5) is 5.69 Å². The molecule has 1 aliphatic rings. The first-order chi connectivity index (χ1) is 11.6. The standard InChI is InChI=1S/C19H20N4O/c1-22(2)12-13-5-3-6-14(11-13)23-19(24)15-7-4-8-16-18(15)17(21-23)9-10-20-16/h3-8,11,20H,9-10,12H2,1-2H3. The van der Waals surface area contributed by atoms with Crippen LogP contribution in [-0.4, -0.2) is 35.3 Å². The Morgan fingerprint density at radius 2 is 2.04 bits per heavy atom. The fourth-order valence-electron chi connectivity index (χ4n) is 3.34. The molecule has 0 amide bonds. The van der Waals surface area contributed by atoms with E-state index in [1.54, 1.807) is 4.68 Å². The van der Waals surface area contributed by atoms with E-state index in [2.05, 4.69) is 21.4 Å². The van der Waals surface area contributed by atoms with Crippen LogP contribution in [0.1, 0.15) is 11.3 Å². The maximum atomic E-state index is 13.0. The minimum Gasteiger partial charge on any atom is -0.384 e. The van der Waals surface area contributed by atoms with Crippen molar-refractivity contribution in [2.24, 2.45) is 0 Å². The van der Waals surface area contributed by atoms with Crippen LogP contribution in [0.2, 0.25) is 0 Å². The maximum Gasteiger partial charge on any atom is 0.279 e. The van der Waals surface area contributed by atoms with Gasteiger partial charge >= 0.3 is 0 Å². The normalized spacial score (nSPS) is 13.3. The van der Waals surface area contributed by atoms with Crippen LogP contribution in [0.3, 0.4) is 0 Å². The molecule has 2 aromatic carbocycles. The van der Waals surface area contributed by atoms with Crippen molar-refractivity contribution in [1.29, 1.82) is 0 Å². The SMILES string of the molecule is CN(C)Cc1cccc(-n2nc3c4c(cccc4c2=O)NCC3)c1. The summed E-state index contributed by atoms with van der Waals surface area (Å²) in [5.74, 6) is 0. The van der Waals surface area contributed by atoms with Crippen molar-refractivity contribution in [3.8, 4) is 5.69 Å². The molecule has 1 aliphatic heterocycles. The second kappa shape index (κ2) is 5.76. The summed E-state index contributed by atoms with van der Waals surface area (Å²) < 4.78 is 1.55. The van der Waals surface area contributed by atoms with Gasteiger partial charge in [-0.15, -0.1) is 0 Å². The summed E-state index contributed by atoms with van der Waals surface area (Å²) in [6, 6.07) is 13.9. The number of hydrogen-bond acceptors (Lipinski definition) is 4. The van der Waals surface area contributed by atoms with E-state index in [1.165, 1.54) is 0 Å². The van der Waals surface area contributed by atoms with Gasteiger partial charge in [-0.1, -0.05) is 18.2 Å². The smallest absolute Gasteiger partial charge is 0.279 e. The lowest BCUT2D eigenvalue weighted by Gasteiger charge is -2.19. The minimum absolute atomic E-state index is 0.0682. The van der Waals surface area contributed by atoms with Crippen LogP contribution in [0.15, 0.2) is 47.3 Å². The summed E-state index contributed by atoms with van der Waals surface area (Å²) in [5, 5.41) is 9.71. The zero-order chi connectivity index (χ0) is 16.7. The molecular formula is C19H20N4O. The molecule has 5 nitrogen and oxygen atoms in total. The zero-order valence-corrected chi connectivity index (χ0v) is 13.9. The van der Waals surface area contributed by atoms with E-state index in [0.29, 0.717) is 0 Å². The molecule has 1 N–H and O–H groups in total. The van der Waals surface area contributed by atoms with E-state index in [-0.39, 0.29) is 5.56 Å². The molecule has 5 heteroatoms. The average Bonchev–Trinajstić information content (AvgIpc) is 2.58. The van der Waals surface area contributed by atoms with E-state index in [9.17, 15) is 4.79 Å². The average molecular weight is 320 g/mol. The van der Waals surface area contributed by atoms with Crippen molar-refractivity contribution < 1.29 is 0 Å². The van der Waals surface area contributed by atoms with E-state index < -0.39 is 0 Å². The largest absolute Gasteiger partial charge is 0.384 e. The molecular weight excluding hydrogens is 300 g/mol. The molecule has 1 aromatic heterocycles. The number of benzene rings is 2. The molecule has 122 valence electrons. The Labute approximate surface area is 140 Å². The lowest BCUT2D eigenvalue weighted by atomic mass is 10.0. The van der Waals surface area contributed by atoms with Crippen LogP contribution in [0.25, 0.3) is 16.5 Å². The predicted molar refractivity (Wildman–Crippen MR) is 96.9 cm³/mol. The summed E-state index contributed by atoms with van der Waals surface area (Å²) in [5.41, 5.74) is 3.90. The second-order valence-electron chi connectivity index (χ2n) is 6.48. The highest BCUT2D eigenvalue weighted by Crippen LogP contribution is 2.27. The van der Waals surface area contributed by atoms with Crippen molar-refractivity contribution in [3.05, 3.63) is 64.1 Å². The molecule has 0 unspecified atom stereocenters. The minimum atomic E-state index is -0.0682. The Bertz CT molecular complexity index is 975. The van der Waals surface area contributed by atoms with Crippen LogP contribution in [-0.2, 0) is 13.0 Å². The molecule has 0 bridgehead atoms. The molecule has 3 aromatic rings. The predicted octanol–water partition coefficient (Wildman–Crippen LogP) is 2.42. The van der Waals surface area contributed by atoms with Gasteiger partial charge in [0.1, 0.15) is 0 Å². The van der Waals surface area contributed by atoms with E-state index in [1.807, 2.05) is 50.5 Å². The summed E-state index contributed by atoms with van der Waals surface area (Å²) in [7, 11) is 4.07. The van der Waals surface area contributed by atoms with Crippen molar-refractivity contribution in [1.82, 2.24) is 14.7 Å². The number of hydrogen-bond donors (Lipinski definition) is 1. The molecule has 0 aliphatic carbocycles. The fraction of sp³-hybridized carbons (Fsp3) is 0.263. The Kier molecular flexibility index (Phi) is 3.58. The summed E-state index contributed by atoms with van der Waals surface area (Å²) in [6.07, 6.45) is 0.825. The lowest BCUT2D eigenvalue weighted by molar-refractivity contribution is 0.402. The summed E-state index contributed by atoms with van der Waals surface area (Å²) in [4.78, 5) is 15.1. The fourth-order valence-corrected chi connectivity index (χ4v) is 3.34. The number of nitrogens with zero attached hydrogens (tertiary/aromatic N) is 3. The molecule has 0 atom stereocenters. The van der Waals surface area contributed by atoms with E-state index in [0.717, 1.165) is 52.9 Å². The van der Waals surface area contributed by atoms with Gasteiger partial charge in [-0.25, -0.2) is 0 Å². The first kappa shape index (κ1) is 14.9. The first-order valence-corrected chi connectivity index (χ1v) is 8.16. The van der Waals surface area contributed by atoms with Crippen molar-refractivity contribution >= 4 is 16.5 Å². The lowest BCUT2D eigenvalue weighted by Crippen LogP contribution is -2.26. The number of nitrogens with one attached hydrogen (secondary N) is 1. The van der Waals surface area contributed by atoms with Crippen LogP contribution in [0, 0.1) is 0 Å². The highest BCUT2D eigenvalue weighted by Gasteiger charge is 2.18. The molecule has 0 saturated carbocycles. The van der Waals surface area contributed by atoms with Gasteiger partial charge in [0.15, 0.2) is 0 Å².